The second-order valence-electron chi connectivity index (χ2n) is 4.71. The van der Waals surface area contributed by atoms with E-state index in [-0.39, 0.29) is 5.41 Å². The minimum atomic E-state index is -0.0400. The fourth-order valence-corrected chi connectivity index (χ4v) is 1.60. The van der Waals surface area contributed by atoms with E-state index >= 15 is 0 Å². The highest BCUT2D eigenvalue weighted by atomic mass is 16.3. The number of phenols is 1. The van der Waals surface area contributed by atoms with Crippen LogP contribution in [0.4, 0.5) is 0 Å². The zero-order chi connectivity index (χ0) is 10.9. The third-order valence-electron chi connectivity index (χ3n) is 2.53. The number of benzene rings is 1. The van der Waals surface area contributed by atoms with E-state index in [1.54, 1.807) is 0 Å². The summed E-state index contributed by atoms with van der Waals surface area (Å²) in [5.41, 5.74) is 8.44. The average molecular weight is 193 g/mol. The van der Waals surface area contributed by atoms with Crippen LogP contribution in [0.15, 0.2) is 12.1 Å². The van der Waals surface area contributed by atoms with Crippen molar-refractivity contribution in [1.82, 2.24) is 0 Å². The molecule has 0 atom stereocenters. The van der Waals surface area contributed by atoms with Crippen molar-refractivity contribution in [3.05, 3.63) is 28.8 Å². The zero-order valence-electron chi connectivity index (χ0n) is 9.39. The van der Waals surface area contributed by atoms with Crippen LogP contribution in [0.25, 0.3) is 0 Å². The third-order valence-corrected chi connectivity index (χ3v) is 2.53. The molecule has 0 amide bonds. The minimum absolute atomic E-state index is 0.0400. The quantitative estimate of drug-likeness (QED) is 0.719. The van der Waals surface area contributed by atoms with Crippen LogP contribution in [0.3, 0.4) is 0 Å². The normalized spacial score (nSPS) is 11.8. The molecule has 2 heteroatoms. The maximum Gasteiger partial charge on any atom is 0.124 e. The first kappa shape index (κ1) is 11.1. The fraction of sp³-hybridized carbons (Fsp3) is 0.500. The summed E-state index contributed by atoms with van der Waals surface area (Å²) in [4.78, 5) is 0. The molecule has 78 valence electrons. The summed E-state index contributed by atoms with van der Waals surface area (Å²) in [5, 5.41) is 10.0. The molecule has 0 aliphatic heterocycles. The van der Waals surface area contributed by atoms with Gasteiger partial charge in [-0.3, -0.25) is 0 Å². The molecule has 0 radical (unpaired) electrons. The van der Waals surface area contributed by atoms with E-state index in [1.165, 1.54) is 0 Å². The van der Waals surface area contributed by atoms with Crippen LogP contribution < -0.4 is 5.73 Å². The SMILES string of the molecule is Cc1ccc(C(C)(C)C)c(O)c1CN. The Hall–Kier alpha value is -1.02. The predicted octanol–water partition coefficient (Wildman–Crippen LogP) is 2.46. The van der Waals surface area contributed by atoms with Gasteiger partial charge in [0.25, 0.3) is 0 Å². The molecule has 0 saturated carbocycles. The van der Waals surface area contributed by atoms with E-state index < -0.39 is 0 Å². The van der Waals surface area contributed by atoms with E-state index in [1.807, 2.05) is 19.1 Å². The first-order valence-electron chi connectivity index (χ1n) is 4.90. The molecule has 0 aromatic heterocycles. The second-order valence-corrected chi connectivity index (χ2v) is 4.71. The van der Waals surface area contributed by atoms with Crippen molar-refractivity contribution in [3.63, 3.8) is 0 Å². The molecule has 14 heavy (non-hydrogen) atoms. The number of hydrogen-bond donors (Lipinski definition) is 2. The van der Waals surface area contributed by atoms with Crippen molar-refractivity contribution < 1.29 is 5.11 Å². The summed E-state index contributed by atoms with van der Waals surface area (Å²) < 4.78 is 0. The van der Waals surface area contributed by atoms with E-state index in [9.17, 15) is 5.11 Å². The van der Waals surface area contributed by atoms with Gasteiger partial charge in [-0.25, -0.2) is 0 Å². The van der Waals surface area contributed by atoms with Gasteiger partial charge >= 0.3 is 0 Å². The average Bonchev–Trinajstić information content (AvgIpc) is 2.02. The maximum absolute atomic E-state index is 10.0. The van der Waals surface area contributed by atoms with E-state index in [0.717, 1.165) is 16.7 Å². The van der Waals surface area contributed by atoms with Crippen molar-refractivity contribution in [2.45, 2.75) is 39.7 Å². The summed E-state index contributed by atoms with van der Waals surface area (Å²) in [7, 11) is 0. The molecule has 1 aromatic rings. The Morgan fingerprint density at radius 1 is 1.29 bits per heavy atom. The smallest absolute Gasteiger partial charge is 0.124 e. The van der Waals surface area contributed by atoms with Crippen molar-refractivity contribution in [1.29, 1.82) is 0 Å². The molecule has 0 spiro atoms. The first-order chi connectivity index (χ1) is 6.38. The van der Waals surface area contributed by atoms with Gasteiger partial charge < -0.3 is 10.8 Å². The van der Waals surface area contributed by atoms with E-state index in [0.29, 0.717) is 12.3 Å². The highest BCUT2D eigenvalue weighted by Gasteiger charge is 2.20. The van der Waals surface area contributed by atoms with Gasteiger partial charge in [0.1, 0.15) is 5.75 Å². The molecule has 1 rings (SSSR count). The summed E-state index contributed by atoms with van der Waals surface area (Å²) in [6, 6.07) is 3.99. The summed E-state index contributed by atoms with van der Waals surface area (Å²) in [5.74, 6) is 0.361. The summed E-state index contributed by atoms with van der Waals surface area (Å²) in [6.07, 6.45) is 0. The fourth-order valence-electron chi connectivity index (χ4n) is 1.60. The number of rotatable bonds is 1. The van der Waals surface area contributed by atoms with Crippen LogP contribution in [0.2, 0.25) is 0 Å². The van der Waals surface area contributed by atoms with Gasteiger partial charge in [0, 0.05) is 12.1 Å². The van der Waals surface area contributed by atoms with Gasteiger partial charge in [-0.15, -0.1) is 0 Å². The van der Waals surface area contributed by atoms with Crippen LogP contribution >= 0.6 is 0 Å². The molecule has 0 aliphatic carbocycles. The molecule has 3 N–H and O–H groups in total. The first-order valence-corrected chi connectivity index (χ1v) is 4.90. The lowest BCUT2D eigenvalue weighted by molar-refractivity contribution is 0.440. The van der Waals surface area contributed by atoms with Gasteiger partial charge in [0.05, 0.1) is 0 Å². The molecular formula is C12H19NO. The molecular weight excluding hydrogens is 174 g/mol. The summed E-state index contributed by atoms with van der Waals surface area (Å²) >= 11 is 0. The molecule has 0 heterocycles. The lowest BCUT2D eigenvalue weighted by Crippen LogP contribution is -2.13. The van der Waals surface area contributed by atoms with Crippen molar-refractivity contribution in [2.24, 2.45) is 5.73 Å². The standard InChI is InChI=1S/C12H19NO/c1-8-5-6-10(12(2,3)4)11(14)9(8)7-13/h5-6,14H,7,13H2,1-4H3. The molecule has 0 fully saturated rings. The largest absolute Gasteiger partial charge is 0.507 e. The van der Waals surface area contributed by atoms with Gasteiger partial charge in [0.2, 0.25) is 0 Å². The van der Waals surface area contributed by atoms with Crippen molar-refractivity contribution in [2.75, 3.05) is 0 Å². The number of phenolic OH excluding ortho intramolecular Hbond substituents is 1. The Labute approximate surface area is 85.8 Å². The summed E-state index contributed by atoms with van der Waals surface area (Å²) in [6.45, 7) is 8.60. The van der Waals surface area contributed by atoms with Gasteiger partial charge in [0.15, 0.2) is 0 Å². The molecule has 0 bridgehead atoms. The number of hydrogen-bond acceptors (Lipinski definition) is 2. The molecule has 0 saturated heterocycles. The van der Waals surface area contributed by atoms with Gasteiger partial charge in [-0.2, -0.15) is 0 Å². The number of aryl methyl sites for hydroxylation is 1. The lowest BCUT2D eigenvalue weighted by atomic mass is 9.84. The van der Waals surface area contributed by atoms with Crippen LogP contribution in [0, 0.1) is 6.92 Å². The Morgan fingerprint density at radius 3 is 2.29 bits per heavy atom. The highest BCUT2D eigenvalue weighted by molar-refractivity contribution is 5.47. The minimum Gasteiger partial charge on any atom is -0.507 e. The molecule has 2 nitrogen and oxygen atoms in total. The van der Waals surface area contributed by atoms with Gasteiger partial charge in [-0.1, -0.05) is 32.9 Å². The number of nitrogens with two attached hydrogens (primary N) is 1. The van der Waals surface area contributed by atoms with E-state index in [2.05, 4.69) is 20.8 Å². The van der Waals surface area contributed by atoms with Crippen molar-refractivity contribution >= 4 is 0 Å². The predicted molar refractivity (Wildman–Crippen MR) is 59.4 cm³/mol. The second kappa shape index (κ2) is 3.62. The van der Waals surface area contributed by atoms with E-state index in [4.69, 9.17) is 5.73 Å². The Morgan fingerprint density at radius 2 is 1.86 bits per heavy atom. The van der Waals surface area contributed by atoms with Crippen molar-refractivity contribution in [3.8, 4) is 5.75 Å². The topological polar surface area (TPSA) is 46.2 Å². The Balaban J connectivity index is 3.36. The highest BCUT2D eigenvalue weighted by Crippen LogP contribution is 2.34. The third kappa shape index (κ3) is 1.90. The lowest BCUT2D eigenvalue weighted by Gasteiger charge is -2.22. The molecule has 0 aliphatic rings. The maximum atomic E-state index is 10.0. The molecule has 0 unspecified atom stereocenters. The van der Waals surface area contributed by atoms with Gasteiger partial charge in [-0.05, 0) is 23.5 Å². The monoisotopic (exact) mass is 193 g/mol. The van der Waals surface area contributed by atoms with Crippen LogP contribution in [0.5, 0.6) is 5.75 Å². The molecule has 1 aromatic carbocycles. The van der Waals surface area contributed by atoms with Crippen LogP contribution in [0.1, 0.15) is 37.5 Å². The Bertz CT molecular complexity index is 337. The Kier molecular flexibility index (Phi) is 2.86. The zero-order valence-corrected chi connectivity index (χ0v) is 9.39. The van der Waals surface area contributed by atoms with Crippen LogP contribution in [-0.2, 0) is 12.0 Å². The van der Waals surface area contributed by atoms with Crippen LogP contribution in [-0.4, -0.2) is 5.11 Å². The number of aromatic hydroxyl groups is 1.